The summed E-state index contributed by atoms with van der Waals surface area (Å²) in [7, 11) is 1.53. The summed E-state index contributed by atoms with van der Waals surface area (Å²) in [6, 6.07) is 9.86. The molecule has 0 saturated heterocycles. The number of benzene rings is 1. The first-order chi connectivity index (χ1) is 10.1. The van der Waals surface area contributed by atoms with Crippen molar-refractivity contribution < 1.29 is 23.5 Å². The Morgan fingerprint density at radius 1 is 1.29 bits per heavy atom. The fraction of sp³-hybridized carbons (Fsp3) is 0.143. The van der Waals surface area contributed by atoms with Crippen LogP contribution < -0.4 is 10.1 Å². The second-order valence-electron chi connectivity index (χ2n) is 3.96. The molecule has 0 saturated carbocycles. The largest absolute Gasteiger partial charge is 0.497 e. The molecule has 0 aliphatic rings. The Labute approximate surface area is 129 Å². The van der Waals surface area contributed by atoms with E-state index in [0.29, 0.717) is 16.1 Å². The molecule has 7 heteroatoms. The van der Waals surface area contributed by atoms with E-state index < -0.39 is 18.5 Å². The average molecular weight is 354 g/mol. The molecule has 1 aromatic carbocycles. The molecule has 1 heterocycles. The van der Waals surface area contributed by atoms with Crippen molar-refractivity contribution in [2.24, 2.45) is 0 Å². The molecule has 0 unspecified atom stereocenters. The number of halogens is 1. The second-order valence-corrected chi connectivity index (χ2v) is 4.74. The molecule has 0 atom stereocenters. The molecule has 1 aromatic heterocycles. The molecule has 1 N–H and O–H groups in total. The highest BCUT2D eigenvalue weighted by atomic mass is 79.9. The van der Waals surface area contributed by atoms with E-state index in [0.717, 1.165) is 0 Å². The van der Waals surface area contributed by atoms with E-state index in [9.17, 15) is 9.59 Å². The number of amides is 1. The average Bonchev–Trinajstić information content (AvgIpc) is 2.91. The third-order valence-corrected chi connectivity index (χ3v) is 2.89. The van der Waals surface area contributed by atoms with Gasteiger partial charge in [0.2, 0.25) is 5.76 Å². The van der Waals surface area contributed by atoms with Gasteiger partial charge in [-0.25, -0.2) is 4.79 Å². The van der Waals surface area contributed by atoms with Crippen LogP contribution in [0.25, 0.3) is 0 Å². The predicted molar refractivity (Wildman–Crippen MR) is 78.3 cm³/mol. The van der Waals surface area contributed by atoms with Gasteiger partial charge in [-0.05, 0) is 40.2 Å². The highest BCUT2D eigenvalue weighted by molar-refractivity contribution is 9.10. The number of carbonyl (C=O) groups excluding carboxylic acids is 2. The fourth-order valence-electron chi connectivity index (χ4n) is 1.52. The Balaban J connectivity index is 1.85. The Morgan fingerprint density at radius 2 is 2.10 bits per heavy atom. The second kappa shape index (κ2) is 6.94. The number of ether oxygens (including phenoxy) is 2. The number of esters is 1. The summed E-state index contributed by atoms with van der Waals surface area (Å²) in [6.07, 6.45) is 0. The molecule has 0 aliphatic carbocycles. The Bertz CT molecular complexity index is 652. The molecule has 0 bridgehead atoms. The lowest BCUT2D eigenvalue weighted by atomic mass is 10.3. The zero-order valence-corrected chi connectivity index (χ0v) is 12.7. The maximum atomic E-state index is 11.7. The van der Waals surface area contributed by atoms with Gasteiger partial charge in [-0.15, -0.1) is 0 Å². The lowest BCUT2D eigenvalue weighted by Crippen LogP contribution is -2.20. The molecule has 0 aliphatic heterocycles. The zero-order valence-electron chi connectivity index (χ0n) is 11.1. The Hall–Kier alpha value is -2.28. The molecule has 0 spiro atoms. The maximum Gasteiger partial charge on any atom is 0.374 e. The number of furan rings is 1. The van der Waals surface area contributed by atoms with Crippen LogP contribution in [0.2, 0.25) is 0 Å². The van der Waals surface area contributed by atoms with Crippen molar-refractivity contribution in [1.82, 2.24) is 0 Å². The van der Waals surface area contributed by atoms with Gasteiger partial charge >= 0.3 is 5.97 Å². The summed E-state index contributed by atoms with van der Waals surface area (Å²) in [4.78, 5) is 23.3. The molecule has 2 rings (SSSR count). The molecule has 6 nitrogen and oxygen atoms in total. The summed E-state index contributed by atoms with van der Waals surface area (Å²) >= 11 is 3.07. The number of hydrogen-bond donors (Lipinski definition) is 1. The van der Waals surface area contributed by atoms with Gasteiger partial charge in [-0.3, -0.25) is 4.79 Å². The van der Waals surface area contributed by atoms with Crippen molar-refractivity contribution >= 4 is 33.5 Å². The molecule has 2 aromatic rings. The van der Waals surface area contributed by atoms with Crippen LogP contribution in [0, 0.1) is 0 Å². The van der Waals surface area contributed by atoms with E-state index in [4.69, 9.17) is 13.9 Å². The molecule has 110 valence electrons. The van der Waals surface area contributed by atoms with Crippen LogP contribution in [0.5, 0.6) is 5.75 Å². The van der Waals surface area contributed by atoms with E-state index in [1.54, 1.807) is 30.3 Å². The van der Waals surface area contributed by atoms with Gasteiger partial charge in [0, 0.05) is 11.8 Å². The minimum absolute atomic E-state index is 0.0241. The van der Waals surface area contributed by atoms with E-state index >= 15 is 0 Å². The van der Waals surface area contributed by atoms with E-state index in [1.165, 1.54) is 13.2 Å². The number of anilines is 1. The normalized spacial score (nSPS) is 10.0. The van der Waals surface area contributed by atoms with E-state index in [1.807, 2.05) is 0 Å². The summed E-state index contributed by atoms with van der Waals surface area (Å²) in [5.41, 5.74) is 0.552. The third kappa shape index (κ3) is 4.35. The highest BCUT2D eigenvalue weighted by Crippen LogP contribution is 2.17. The van der Waals surface area contributed by atoms with Crippen molar-refractivity contribution in [3.63, 3.8) is 0 Å². The number of methoxy groups -OCH3 is 1. The van der Waals surface area contributed by atoms with Crippen molar-refractivity contribution in [1.29, 1.82) is 0 Å². The molecular formula is C14H12BrNO5. The van der Waals surface area contributed by atoms with Crippen LogP contribution in [0.15, 0.2) is 45.5 Å². The molecule has 0 fully saturated rings. The number of carbonyl (C=O) groups is 2. The van der Waals surface area contributed by atoms with Crippen LogP contribution in [0.4, 0.5) is 5.69 Å². The first kappa shape index (κ1) is 15.1. The fourth-order valence-corrected chi connectivity index (χ4v) is 1.83. The van der Waals surface area contributed by atoms with Gasteiger partial charge in [-0.2, -0.15) is 0 Å². The molecule has 21 heavy (non-hydrogen) atoms. The lowest BCUT2D eigenvalue weighted by molar-refractivity contribution is -0.119. The van der Waals surface area contributed by atoms with Gasteiger partial charge < -0.3 is 19.2 Å². The van der Waals surface area contributed by atoms with Crippen LogP contribution in [-0.4, -0.2) is 25.6 Å². The number of rotatable bonds is 5. The van der Waals surface area contributed by atoms with Gasteiger partial charge in [0.15, 0.2) is 11.3 Å². The van der Waals surface area contributed by atoms with Crippen molar-refractivity contribution in [3.05, 3.63) is 46.8 Å². The van der Waals surface area contributed by atoms with Crippen molar-refractivity contribution in [3.8, 4) is 5.75 Å². The van der Waals surface area contributed by atoms with Gasteiger partial charge in [-0.1, -0.05) is 6.07 Å². The van der Waals surface area contributed by atoms with Crippen LogP contribution >= 0.6 is 15.9 Å². The predicted octanol–water partition coefficient (Wildman–Crippen LogP) is 2.85. The standard InChI is InChI=1S/C14H12BrNO5/c1-19-10-4-2-3-9(7-10)16-13(17)8-20-14(18)11-5-6-12(15)21-11/h2-7H,8H2,1H3,(H,16,17). The van der Waals surface area contributed by atoms with Gasteiger partial charge in [0.05, 0.1) is 7.11 Å². The monoisotopic (exact) mass is 353 g/mol. The minimum Gasteiger partial charge on any atom is -0.497 e. The summed E-state index contributed by atoms with van der Waals surface area (Å²) in [5, 5.41) is 2.59. The topological polar surface area (TPSA) is 77.8 Å². The number of hydrogen-bond acceptors (Lipinski definition) is 5. The first-order valence-corrected chi connectivity index (χ1v) is 6.74. The zero-order chi connectivity index (χ0) is 15.2. The van der Waals surface area contributed by atoms with Gasteiger partial charge in [0.1, 0.15) is 5.75 Å². The third-order valence-electron chi connectivity index (χ3n) is 2.46. The van der Waals surface area contributed by atoms with Crippen LogP contribution in [0.3, 0.4) is 0 Å². The maximum absolute atomic E-state index is 11.7. The minimum atomic E-state index is -0.707. The Morgan fingerprint density at radius 3 is 2.76 bits per heavy atom. The van der Waals surface area contributed by atoms with Crippen LogP contribution in [0.1, 0.15) is 10.6 Å². The van der Waals surface area contributed by atoms with Gasteiger partial charge in [0.25, 0.3) is 5.91 Å². The lowest BCUT2D eigenvalue weighted by Gasteiger charge is -2.07. The first-order valence-electron chi connectivity index (χ1n) is 5.95. The van der Waals surface area contributed by atoms with Crippen LogP contribution in [-0.2, 0) is 9.53 Å². The quantitative estimate of drug-likeness (QED) is 0.836. The SMILES string of the molecule is COc1cccc(NC(=O)COC(=O)c2ccc(Br)o2)c1. The summed E-state index contributed by atoms with van der Waals surface area (Å²) in [5.74, 6) is -0.523. The summed E-state index contributed by atoms with van der Waals surface area (Å²) in [6.45, 7) is -0.408. The number of nitrogens with one attached hydrogen (secondary N) is 1. The smallest absolute Gasteiger partial charge is 0.374 e. The molecule has 0 radical (unpaired) electrons. The van der Waals surface area contributed by atoms with Crippen molar-refractivity contribution in [2.45, 2.75) is 0 Å². The van der Waals surface area contributed by atoms with E-state index in [2.05, 4.69) is 21.2 Å². The van der Waals surface area contributed by atoms with E-state index in [-0.39, 0.29) is 5.76 Å². The molecule has 1 amide bonds. The highest BCUT2D eigenvalue weighted by Gasteiger charge is 2.14. The summed E-state index contributed by atoms with van der Waals surface area (Å²) < 4.78 is 15.3. The Kier molecular flexibility index (Phi) is 4.99. The van der Waals surface area contributed by atoms with Crippen molar-refractivity contribution in [2.75, 3.05) is 19.0 Å². The molecular weight excluding hydrogens is 342 g/mol.